The van der Waals surface area contributed by atoms with Crippen molar-refractivity contribution in [3.8, 4) is 11.4 Å². The van der Waals surface area contributed by atoms with Crippen LogP contribution in [0.5, 0.6) is 5.75 Å². The zero-order valence-corrected chi connectivity index (χ0v) is 19.6. The number of carbonyl (C=O) groups is 1. The molecular weight excluding hydrogens is 436 g/mol. The molecule has 2 aromatic carbocycles. The van der Waals surface area contributed by atoms with Crippen LogP contribution in [-0.2, 0) is 11.3 Å². The van der Waals surface area contributed by atoms with Crippen LogP contribution in [0.4, 0.5) is 0 Å². The summed E-state index contributed by atoms with van der Waals surface area (Å²) >= 11 is 5.37. The Bertz CT molecular complexity index is 1110. The number of carbonyl (C=O) groups excluding carboxylic acids is 1. The highest BCUT2D eigenvalue weighted by atomic mass is 32.1. The van der Waals surface area contributed by atoms with Gasteiger partial charge in [0.2, 0.25) is 0 Å². The van der Waals surface area contributed by atoms with E-state index in [0.29, 0.717) is 29.7 Å². The molecular formula is C25H30N4O3S. The van der Waals surface area contributed by atoms with Gasteiger partial charge in [0, 0.05) is 44.2 Å². The van der Waals surface area contributed by atoms with E-state index in [4.69, 9.17) is 21.7 Å². The Hall–Kier alpha value is -2.94. The summed E-state index contributed by atoms with van der Waals surface area (Å²) in [5, 5.41) is 2.98. The van der Waals surface area contributed by atoms with Gasteiger partial charge in [-0.3, -0.25) is 14.3 Å². The molecule has 0 unspecified atom stereocenters. The summed E-state index contributed by atoms with van der Waals surface area (Å²) in [6, 6.07) is 18.0. The van der Waals surface area contributed by atoms with Crippen LogP contribution in [0, 0.1) is 4.77 Å². The van der Waals surface area contributed by atoms with Gasteiger partial charge in [-0.15, -0.1) is 0 Å². The number of hydrogen-bond donors (Lipinski definition) is 2. The van der Waals surface area contributed by atoms with Crippen LogP contribution >= 0.6 is 12.2 Å². The van der Waals surface area contributed by atoms with Gasteiger partial charge in [-0.1, -0.05) is 30.3 Å². The van der Waals surface area contributed by atoms with Crippen molar-refractivity contribution in [1.29, 1.82) is 0 Å². The molecule has 1 fully saturated rings. The number of nitrogens with zero attached hydrogens (tertiary/aromatic N) is 2. The molecule has 1 amide bonds. The molecule has 174 valence electrons. The van der Waals surface area contributed by atoms with Gasteiger partial charge in [-0.05, 0) is 61.9 Å². The van der Waals surface area contributed by atoms with Crippen molar-refractivity contribution in [1.82, 2.24) is 19.8 Å². The molecule has 2 heterocycles. The molecule has 1 aliphatic rings. The molecule has 0 spiro atoms. The van der Waals surface area contributed by atoms with Crippen LogP contribution in [0.15, 0.2) is 60.8 Å². The third kappa shape index (κ3) is 6.10. The largest absolute Gasteiger partial charge is 0.492 e. The summed E-state index contributed by atoms with van der Waals surface area (Å²) in [6.07, 6.45) is 3.78. The summed E-state index contributed by atoms with van der Waals surface area (Å²) in [5.41, 5.74) is 2.28. The summed E-state index contributed by atoms with van der Waals surface area (Å²) in [7, 11) is 2.14. The van der Waals surface area contributed by atoms with Crippen molar-refractivity contribution in [2.75, 3.05) is 33.4 Å². The first kappa shape index (κ1) is 23.2. The number of ether oxygens (including phenoxy) is 2. The highest BCUT2D eigenvalue weighted by Gasteiger charge is 2.18. The quantitative estimate of drug-likeness (QED) is 0.467. The zero-order valence-electron chi connectivity index (χ0n) is 18.8. The minimum Gasteiger partial charge on any atom is -0.492 e. The topological polar surface area (TPSA) is 71.5 Å². The highest BCUT2D eigenvalue weighted by molar-refractivity contribution is 7.71. The Morgan fingerprint density at radius 3 is 2.79 bits per heavy atom. The third-order valence-corrected chi connectivity index (χ3v) is 6.20. The molecule has 1 aromatic heterocycles. The molecule has 0 radical (unpaired) electrons. The number of aromatic nitrogens is 2. The van der Waals surface area contributed by atoms with E-state index in [2.05, 4.69) is 22.2 Å². The number of rotatable bonds is 9. The van der Waals surface area contributed by atoms with Crippen LogP contribution in [0.2, 0.25) is 0 Å². The van der Waals surface area contributed by atoms with Gasteiger partial charge in [-0.25, -0.2) is 0 Å². The number of nitrogens with one attached hydrogen (secondary N) is 2. The molecule has 0 bridgehead atoms. The van der Waals surface area contributed by atoms with E-state index in [1.807, 2.05) is 54.6 Å². The monoisotopic (exact) mass is 466 g/mol. The highest BCUT2D eigenvalue weighted by Crippen LogP contribution is 2.16. The first-order chi connectivity index (χ1) is 16.1. The summed E-state index contributed by atoms with van der Waals surface area (Å²) in [6.45, 7) is 3.55. The molecule has 33 heavy (non-hydrogen) atoms. The molecule has 4 rings (SSSR count). The number of H-pyrrole nitrogens is 1. The van der Waals surface area contributed by atoms with E-state index in [1.165, 1.54) is 0 Å². The van der Waals surface area contributed by atoms with Crippen LogP contribution in [-0.4, -0.2) is 59.8 Å². The van der Waals surface area contributed by atoms with Crippen LogP contribution in [0.1, 0.15) is 28.9 Å². The molecule has 0 saturated carbocycles. The van der Waals surface area contributed by atoms with Crippen LogP contribution in [0.3, 0.4) is 0 Å². The van der Waals surface area contributed by atoms with Gasteiger partial charge in [0.1, 0.15) is 18.1 Å². The molecule has 8 heteroatoms. The molecule has 1 saturated heterocycles. The summed E-state index contributed by atoms with van der Waals surface area (Å²) in [5.74, 6) is 0.603. The van der Waals surface area contributed by atoms with Gasteiger partial charge < -0.3 is 19.8 Å². The Labute approximate surface area is 199 Å². The average molecular weight is 467 g/mol. The fourth-order valence-electron chi connectivity index (χ4n) is 4.00. The lowest BCUT2D eigenvalue weighted by Crippen LogP contribution is -2.38. The van der Waals surface area contributed by atoms with E-state index in [1.54, 1.807) is 10.8 Å². The van der Waals surface area contributed by atoms with Crippen molar-refractivity contribution in [2.45, 2.75) is 25.4 Å². The number of aromatic amines is 1. The molecule has 0 atom stereocenters. The lowest BCUT2D eigenvalue weighted by atomic mass is 10.1. The number of hydrogen-bond acceptors (Lipinski definition) is 5. The average Bonchev–Trinajstić information content (AvgIpc) is 3.25. The SMILES string of the molecule is CN(CCOc1cccc(CNC(=O)c2c[nH]c(=S)n2-c2ccccc2)c1)C1CCOCC1. The second-order valence-electron chi connectivity index (χ2n) is 8.15. The molecule has 1 aliphatic heterocycles. The maximum atomic E-state index is 12.9. The number of benzene rings is 2. The second-order valence-corrected chi connectivity index (χ2v) is 8.54. The van der Waals surface area contributed by atoms with E-state index >= 15 is 0 Å². The lowest BCUT2D eigenvalue weighted by Gasteiger charge is -2.31. The molecule has 2 N–H and O–H groups in total. The Morgan fingerprint density at radius 2 is 2.00 bits per heavy atom. The van der Waals surface area contributed by atoms with Gasteiger partial charge in [0.25, 0.3) is 5.91 Å². The first-order valence-corrected chi connectivity index (χ1v) is 11.7. The maximum Gasteiger partial charge on any atom is 0.270 e. The minimum atomic E-state index is -0.199. The van der Waals surface area contributed by atoms with E-state index in [9.17, 15) is 4.79 Å². The standard InChI is InChI=1S/C25H30N4O3S/c1-28(20-10-13-31-14-11-20)12-15-32-22-9-5-6-19(16-22)17-26-24(30)23-18-27-25(33)29(23)21-7-3-2-4-8-21/h2-9,16,18,20H,10-15,17H2,1H3,(H,26,30)(H,27,33). The van der Waals surface area contributed by atoms with E-state index in [-0.39, 0.29) is 5.91 Å². The number of para-hydroxylation sites is 1. The Kier molecular flexibility index (Phi) is 7.93. The van der Waals surface area contributed by atoms with Gasteiger partial charge in [0.05, 0.1) is 0 Å². The summed E-state index contributed by atoms with van der Waals surface area (Å²) < 4.78 is 13.6. The second kappa shape index (κ2) is 11.3. The minimum absolute atomic E-state index is 0.199. The van der Waals surface area contributed by atoms with Crippen LogP contribution in [0.25, 0.3) is 5.69 Å². The smallest absolute Gasteiger partial charge is 0.270 e. The van der Waals surface area contributed by atoms with Gasteiger partial charge in [-0.2, -0.15) is 0 Å². The predicted octanol–water partition coefficient (Wildman–Crippen LogP) is 3.95. The van der Waals surface area contributed by atoms with Crippen molar-refractivity contribution in [3.05, 3.63) is 76.8 Å². The number of imidazole rings is 1. The fraction of sp³-hybridized carbons (Fsp3) is 0.360. The zero-order chi connectivity index (χ0) is 23.0. The maximum absolute atomic E-state index is 12.9. The Balaban J connectivity index is 1.31. The number of likely N-dealkylation sites (N-methyl/N-ethyl adjacent to an activating group) is 1. The number of amides is 1. The van der Waals surface area contributed by atoms with E-state index < -0.39 is 0 Å². The predicted molar refractivity (Wildman–Crippen MR) is 131 cm³/mol. The van der Waals surface area contributed by atoms with Gasteiger partial charge >= 0.3 is 0 Å². The summed E-state index contributed by atoms with van der Waals surface area (Å²) in [4.78, 5) is 18.2. The van der Waals surface area contributed by atoms with Crippen LogP contribution < -0.4 is 10.1 Å². The van der Waals surface area contributed by atoms with Crippen molar-refractivity contribution >= 4 is 18.1 Å². The molecule has 7 nitrogen and oxygen atoms in total. The van der Waals surface area contributed by atoms with Crippen molar-refractivity contribution < 1.29 is 14.3 Å². The first-order valence-electron chi connectivity index (χ1n) is 11.3. The van der Waals surface area contributed by atoms with Crippen molar-refractivity contribution in [2.24, 2.45) is 0 Å². The normalized spacial score (nSPS) is 14.4. The lowest BCUT2D eigenvalue weighted by molar-refractivity contribution is 0.0392. The van der Waals surface area contributed by atoms with E-state index in [0.717, 1.165) is 49.6 Å². The molecule has 3 aromatic rings. The third-order valence-electron chi connectivity index (χ3n) is 5.90. The Morgan fingerprint density at radius 1 is 1.21 bits per heavy atom. The van der Waals surface area contributed by atoms with Crippen molar-refractivity contribution in [3.63, 3.8) is 0 Å². The fourth-order valence-corrected chi connectivity index (χ4v) is 4.27. The molecule has 0 aliphatic carbocycles. The van der Waals surface area contributed by atoms with Gasteiger partial charge in [0.15, 0.2) is 4.77 Å².